The second-order valence-electron chi connectivity index (χ2n) is 7.89. The van der Waals surface area contributed by atoms with Crippen molar-refractivity contribution in [2.24, 2.45) is 0 Å². The molecular formula is C21H25FN4O3. The van der Waals surface area contributed by atoms with Crippen LogP contribution in [0.5, 0.6) is 0 Å². The summed E-state index contributed by atoms with van der Waals surface area (Å²) in [6.45, 7) is 2.00. The molecule has 8 heteroatoms. The van der Waals surface area contributed by atoms with Crippen molar-refractivity contribution < 1.29 is 19.0 Å². The molecule has 1 saturated carbocycles. The Balaban J connectivity index is 1.47. The van der Waals surface area contributed by atoms with E-state index in [1.807, 2.05) is 0 Å². The summed E-state index contributed by atoms with van der Waals surface area (Å²) in [6.07, 6.45) is 4.69. The van der Waals surface area contributed by atoms with Gasteiger partial charge in [-0.25, -0.2) is 14.4 Å². The summed E-state index contributed by atoms with van der Waals surface area (Å²) >= 11 is 0. The SMILES string of the molecule is CC(=O)N[C@H]1CC[C@H](Nc2ncc(F)c(-c3cccc(C4(O)COC4)c3)n2)CC1. The largest absolute Gasteiger partial charge is 0.380 e. The lowest BCUT2D eigenvalue weighted by Crippen LogP contribution is -2.46. The van der Waals surface area contributed by atoms with E-state index < -0.39 is 11.4 Å². The number of aromatic nitrogens is 2. The number of nitrogens with zero attached hydrogens (tertiary/aromatic N) is 2. The summed E-state index contributed by atoms with van der Waals surface area (Å²) in [5, 5.41) is 16.7. The van der Waals surface area contributed by atoms with Crippen molar-refractivity contribution in [3.05, 3.63) is 41.8 Å². The number of hydrogen-bond acceptors (Lipinski definition) is 6. The maximum absolute atomic E-state index is 14.5. The smallest absolute Gasteiger partial charge is 0.223 e. The predicted octanol–water partition coefficient (Wildman–Crippen LogP) is 2.36. The van der Waals surface area contributed by atoms with Gasteiger partial charge in [0.1, 0.15) is 11.3 Å². The van der Waals surface area contributed by atoms with Crippen LogP contribution in [0.3, 0.4) is 0 Å². The zero-order valence-corrected chi connectivity index (χ0v) is 16.3. The average molecular weight is 400 g/mol. The van der Waals surface area contributed by atoms with Crippen molar-refractivity contribution in [2.75, 3.05) is 18.5 Å². The first-order valence-electron chi connectivity index (χ1n) is 9.90. The van der Waals surface area contributed by atoms with Crippen molar-refractivity contribution in [1.29, 1.82) is 0 Å². The minimum absolute atomic E-state index is 0.00623. The topological polar surface area (TPSA) is 96.4 Å². The molecular weight excluding hydrogens is 375 g/mol. The quantitative estimate of drug-likeness (QED) is 0.713. The van der Waals surface area contributed by atoms with E-state index in [9.17, 15) is 14.3 Å². The molecule has 2 aliphatic rings. The molecule has 0 spiro atoms. The van der Waals surface area contributed by atoms with E-state index in [1.54, 1.807) is 24.3 Å². The highest BCUT2D eigenvalue weighted by atomic mass is 19.1. The van der Waals surface area contributed by atoms with Gasteiger partial charge in [0.25, 0.3) is 0 Å². The Bertz CT molecular complexity index is 895. The van der Waals surface area contributed by atoms with Crippen molar-refractivity contribution >= 4 is 11.9 Å². The first-order chi connectivity index (χ1) is 13.9. The number of carbonyl (C=O) groups excluding carboxylic acids is 1. The summed E-state index contributed by atoms with van der Waals surface area (Å²) < 4.78 is 19.6. The maximum Gasteiger partial charge on any atom is 0.223 e. The monoisotopic (exact) mass is 400 g/mol. The zero-order valence-electron chi connectivity index (χ0n) is 16.3. The maximum atomic E-state index is 14.5. The van der Waals surface area contributed by atoms with Gasteiger partial charge in [-0.15, -0.1) is 0 Å². The third kappa shape index (κ3) is 4.38. The molecule has 7 nitrogen and oxygen atoms in total. The number of amides is 1. The van der Waals surface area contributed by atoms with E-state index in [0.717, 1.165) is 25.7 Å². The highest BCUT2D eigenvalue weighted by molar-refractivity contribution is 5.73. The Morgan fingerprint density at radius 3 is 2.62 bits per heavy atom. The van der Waals surface area contributed by atoms with Crippen molar-refractivity contribution in [3.63, 3.8) is 0 Å². The molecule has 3 N–H and O–H groups in total. The van der Waals surface area contributed by atoms with E-state index in [-0.39, 0.29) is 36.9 Å². The third-order valence-electron chi connectivity index (χ3n) is 5.57. The molecule has 1 aromatic carbocycles. The van der Waals surface area contributed by atoms with E-state index in [4.69, 9.17) is 4.74 Å². The summed E-state index contributed by atoms with van der Waals surface area (Å²) in [5.41, 5.74) is 0.443. The first kappa shape index (κ1) is 19.7. The fourth-order valence-corrected chi connectivity index (χ4v) is 3.91. The lowest BCUT2D eigenvalue weighted by molar-refractivity contribution is -0.184. The van der Waals surface area contributed by atoms with Crippen LogP contribution in [-0.4, -0.2) is 46.3 Å². The Hall–Kier alpha value is -2.58. The molecule has 154 valence electrons. The number of ether oxygens (including phenoxy) is 1. The number of anilines is 1. The molecule has 2 aromatic rings. The van der Waals surface area contributed by atoms with Crippen LogP contribution in [0.4, 0.5) is 10.3 Å². The summed E-state index contributed by atoms with van der Waals surface area (Å²) in [6, 6.07) is 7.48. The van der Waals surface area contributed by atoms with Crippen LogP contribution < -0.4 is 10.6 Å². The normalized spacial score (nSPS) is 23.1. The van der Waals surface area contributed by atoms with Crippen molar-refractivity contribution in [1.82, 2.24) is 15.3 Å². The minimum atomic E-state index is -1.02. The van der Waals surface area contributed by atoms with Gasteiger partial charge < -0.3 is 20.5 Å². The molecule has 1 amide bonds. The van der Waals surface area contributed by atoms with E-state index in [2.05, 4.69) is 20.6 Å². The Morgan fingerprint density at radius 1 is 1.24 bits per heavy atom. The van der Waals surface area contributed by atoms with Gasteiger partial charge >= 0.3 is 0 Å². The van der Waals surface area contributed by atoms with Gasteiger partial charge in [-0.3, -0.25) is 4.79 Å². The number of nitrogens with one attached hydrogen (secondary N) is 2. The van der Waals surface area contributed by atoms with Crippen LogP contribution in [0, 0.1) is 5.82 Å². The molecule has 0 radical (unpaired) electrons. The summed E-state index contributed by atoms with van der Waals surface area (Å²) in [7, 11) is 0. The Kier molecular flexibility index (Phi) is 5.47. The molecule has 1 aliphatic heterocycles. The summed E-state index contributed by atoms with van der Waals surface area (Å²) in [4.78, 5) is 19.7. The van der Waals surface area contributed by atoms with Crippen LogP contribution in [0.25, 0.3) is 11.3 Å². The van der Waals surface area contributed by atoms with Gasteiger partial charge in [-0.05, 0) is 37.3 Å². The molecule has 0 unspecified atom stereocenters. The van der Waals surface area contributed by atoms with Crippen molar-refractivity contribution in [2.45, 2.75) is 50.3 Å². The molecule has 2 fully saturated rings. The van der Waals surface area contributed by atoms with Crippen LogP contribution in [0.2, 0.25) is 0 Å². The number of benzene rings is 1. The molecule has 0 bridgehead atoms. The standard InChI is InChI=1S/C21H25FN4O3/c1-13(27)24-16-5-7-17(8-6-16)25-20-23-10-18(22)19(26-20)14-3-2-4-15(9-14)21(28)11-29-12-21/h2-4,9-10,16-17,28H,5-8,11-12H2,1H3,(H,24,27)(H,23,25,26)/t16-,17-. The number of aliphatic hydroxyl groups is 1. The first-order valence-corrected chi connectivity index (χ1v) is 9.90. The lowest BCUT2D eigenvalue weighted by atomic mass is 9.90. The van der Waals surface area contributed by atoms with Gasteiger partial charge in [0.2, 0.25) is 11.9 Å². The lowest BCUT2D eigenvalue weighted by Gasteiger charge is -2.36. The minimum Gasteiger partial charge on any atom is -0.380 e. The van der Waals surface area contributed by atoms with Gasteiger partial charge in [0.15, 0.2) is 5.82 Å². The van der Waals surface area contributed by atoms with E-state index in [1.165, 1.54) is 13.1 Å². The van der Waals surface area contributed by atoms with Gasteiger partial charge in [0.05, 0.1) is 19.4 Å². The number of rotatable bonds is 5. The summed E-state index contributed by atoms with van der Waals surface area (Å²) in [5.74, 6) is -0.146. The van der Waals surface area contributed by atoms with Gasteiger partial charge in [0, 0.05) is 24.6 Å². The molecule has 4 rings (SSSR count). The van der Waals surface area contributed by atoms with Gasteiger partial charge in [-0.2, -0.15) is 0 Å². The highest BCUT2D eigenvalue weighted by Gasteiger charge is 2.38. The Labute approximate surface area is 168 Å². The fraction of sp³-hybridized carbons (Fsp3) is 0.476. The molecule has 1 aliphatic carbocycles. The Morgan fingerprint density at radius 2 is 1.97 bits per heavy atom. The fourth-order valence-electron chi connectivity index (χ4n) is 3.91. The molecule has 1 saturated heterocycles. The average Bonchev–Trinajstić information content (AvgIpc) is 2.69. The number of carbonyl (C=O) groups is 1. The highest BCUT2D eigenvalue weighted by Crippen LogP contribution is 2.32. The third-order valence-corrected chi connectivity index (χ3v) is 5.57. The molecule has 2 heterocycles. The second-order valence-corrected chi connectivity index (χ2v) is 7.89. The molecule has 1 aromatic heterocycles. The second kappa shape index (κ2) is 8.04. The molecule has 29 heavy (non-hydrogen) atoms. The van der Waals surface area contributed by atoms with Crippen LogP contribution >= 0.6 is 0 Å². The predicted molar refractivity (Wildman–Crippen MR) is 106 cm³/mol. The van der Waals surface area contributed by atoms with Crippen LogP contribution in [-0.2, 0) is 15.1 Å². The number of halogens is 1. The van der Waals surface area contributed by atoms with Crippen LogP contribution in [0.1, 0.15) is 38.2 Å². The van der Waals surface area contributed by atoms with E-state index >= 15 is 0 Å². The number of hydrogen-bond donors (Lipinski definition) is 3. The van der Waals surface area contributed by atoms with Crippen molar-refractivity contribution in [3.8, 4) is 11.3 Å². The van der Waals surface area contributed by atoms with Crippen LogP contribution in [0.15, 0.2) is 30.5 Å². The van der Waals surface area contributed by atoms with E-state index in [0.29, 0.717) is 17.1 Å². The zero-order chi connectivity index (χ0) is 20.4. The molecule has 0 atom stereocenters. The van der Waals surface area contributed by atoms with Gasteiger partial charge in [-0.1, -0.05) is 18.2 Å².